The zero-order valence-corrected chi connectivity index (χ0v) is 24.9. The summed E-state index contributed by atoms with van der Waals surface area (Å²) in [6.07, 6.45) is 33.7. The second-order valence-electron chi connectivity index (χ2n) is 11.5. The Bertz CT molecular complexity index is 419. The molecule has 2 heteroatoms. The maximum Gasteiger partial charge on any atom is 0.308 e. The molecule has 0 fully saturated rings. The highest BCUT2D eigenvalue weighted by molar-refractivity contribution is 5.71. The van der Waals surface area contributed by atoms with Gasteiger partial charge in [0, 0.05) is 0 Å². The van der Waals surface area contributed by atoms with Gasteiger partial charge in [0.15, 0.2) is 0 Å². The summed E-state index contributed by atoms with van der Waals surface area (Å²) in [5.74, 6) is 0.652. The Kier molecular flexibility index (Phi) is 27.6. The van der Waals surface area contributed by atoms with Crippen molar-refractivity contribution in [1.82, 2.24) is 0 Å². The van der Waals surface area contributed by atoms with E-state index in [0.717, 1.165) is 12.8 Å². The normalized spacial score (nSPS) is 13.1. The Labute approximate surface area is 222 Å². The molecule has 0 saturated carbocycles. The van der Waals surface area contributed by atoms with Crippen molar-refractivity contribution < 1.29 is 9.53 Å². The average molecular weight is 495 g/mol. The molecule has 210 valence electrons. The summed E-state index contributed by atoms with van der Waals surface area (Å²) in [6.45, 7) is 9.40. The van der Waals surface area contributed by atoms with Crippen LogP contribution in [-0.2, 0) is 9.53 Å². The lowest BCUT2D eigenvalue weighted by Gasteiger charge is -2.19. The molecule has 0 aliphatic carbocycles. The van der Waals surface area contributed by atoms with Gasteiger partial charge in [-0.15, -0.1) is 0 Å². The first-order chi connectivity index (χ1) is 17.2. The molecule has 0 N–H and O–H groups in total. The van der Waals surface area contributed by atoms with Crippen LogP contribution >= 0.6 is 0 Å². The second-order valence-corrected chi connectivity index (χ2v) is 11.5. The van der Waals surface area contributed by atoms with Crippen LogP contribution in [0.1, 0.15) is 188 Å². The molecular formula is C33H66O2. The maximum absolute atomic E-state index is 12.3. The molecule has 2 unspecified atom stereocenters. The average Bonchev–Trinajstić information content (AvgIpc) is 2.86. The van der Waals surface area contributed by atoms with Gasteiger partial charge in [0.2, 0.25) is 0 Å². The van der Waals surface area contributed by atoms with Gasteiger partial charge in [0.05, 0.1) is 12.5 Å². The zero-order chi connectivity index (χ0) is 25.8. The van der Waals surface area contributed by atoms with Crippen LogP contribution in [0.4, 0.5) is 0 Å². The van der Waals surface area contributed by atoms with Gasteiger partial charge in [-0.1, -0.05) is 169 Å². The van der Waals surface area contributed by atoms with Gasteiger partial charge >= 0.3 is 5.97 Å². The van der Waals surface area contributed by atoms with Gasteiger partial charge < -0.3 is 4.74 Å². The number of ether oxygens (including phenoxy) is 1. The Morgan fingerprint density at radius 3 is 1.17 bits per heavy atom. The van der Waals surface area contributed by atoms with E-state index in [1.165, 1.54) is 148 Å². The minimum atomic E-state index is 0.0265. The third-order valence-electron chi connectivity index (χ3n) is 7.77. The molecule has 0 rings (SSSR count). The van der Waals surface area contributed by atoms with Crippen molar-refractivity contribution in [3.63, 3.8) is 0 Å². The van der Waals surface area contributed by atoms with Crippen LogP contribution in [0.5, 0.6) is 0 Å². The third kappa shape index (κ3) is 24.9. The molecule has 0 heterocycles. The van der Waals surface area contributed by atoms with Crippen LogP contribution in [-0.4, -0.2) is 12.6 Å². The predicted molar refractivity (Wildman–Crippen MR) is 156 cm³/mol. The van der Waals surface area contributed by atoms with E-state index in [1.54, 1.807) is 0 Å². The number of rotatable bonds is 28. The molecule has 0 saturated heterocycles. The highest BCUT2D eigenvalue weighted by Crippen LogP contribution is 2.21. The van der Waals surface area contributed by atoms with Crippen molar-refractivity contribution in [3.05, 3.63) is 0 Å². The smallest absolute Gasteiger partial charge is 0.308 e. The van der Waals surface area contributed by atoms with Crippen LogP contribution in [0.15, 0.2) is 0 Å². The van der Waals surface area contributed by atoms with E-state index in [-0.39, 0.29) is 11.9 Å². The number of carbonyl (C=O) groups is 1. The molecule has 0 aromatic heterocycles. The number of unbranched alkanes of at least 4 members (excludes halogenated alkanes) is 19. The standard InChI is InChI=1S/C33H66O2/c1-5-8-10-12-14-16-17-18-20-22-24-26-29-32(30-35-33(34)31(4)27-7-3)28-25-23-21-19-15-13-11-9-6-2/h31-32H,5-30H2,1-4H3. The fourth-order valence-electron chi connectivity index (χ4n) is 5.22. The first kappa shape index (κ1) is 34.5. The first-order valence-electron chi connectivity index (χ1n) is 16.3. The van der Waals surface area contributed by atoms with Crippen molar-refractivity contribution >= 4 is 5.97 Å². The largest absolute Gasteiger partial charge is 0.465 e. The summed E-state index contributed by atoms with van der Waals surface area (Å²) >= 11 is 0. The maximum atomic E-state index is 12.3. The van der Waals surface area contributed by atoms with E-state index in [0.29, 0.717) is 12.5 Å². The molecule has 0 aliphatic rings. The SMILES string of the molecule is CCCCCCCCCCCCCCC(CCCCCCCCCCC)COC(=O)C(C)CCC. The molecular weight excluding hydrogens is 428 g/mol. The Hall–Kier alpha value is -0.530. The van der Waals surface area contributed by atoms with Gasteiger partial charge in [-0.25, -0.2) is 0 Å². The van der Waals surface area contributed by atoms with Crippen molar-refractivity contribution in [3.8, 4) is 0 Å². The quantitative estimate of drug-likeness (QED) is 0.0798. The lowest BCUT2D eigenvalue weighted by atomic mass is 9.94. The third-order valence-corrected chi connectivity index (χ3v) is 7.77. The minimum absolute atomic E-state index is 0.0265. The number of hydrogen-bond acceptors (Lipinski definition) is 2. The van der Waals surface area contributed by atoms with Gasteiger partial charge in [0.1, 0.15) is 0 Å². The monoisotopic (exact) mass is 495 g/mol. The summed E-state index contributed by atoms with van der Waals surface area (Å²) in [6, 6.07) is 0. The molecule has 0 aromatic rings. The zero-order valence-electron chi connectivity index (χ0n) is 24.9. The molecule has 2 nitrogen and oxygen atoms in total. The van der Waals surface area contributed by atoms with Crippen LogP contribution < -0.4 is 0 Å². The molecule has 2 atom stereocenters. The summed E-state index contributed by atoms with van der Waals surface area (Å²) in [4.78, 5) is 12.3. The fourth-order valence-corrected chi connectivity index (χ4v) is 5.22. The second kappa shape index (κ2) is 28.0. The Balaban J connectivity index is 3.97. The summed E-state index contributed by atoms with van der Waals surface area (Å²) in [5, 5.41) is 0. The van der Waals surface area contributed by atoms with Gasteiger partial charge in [0.25, 0.3) is 0 Å². The lowest BCUT2D eigenvalue weighted by Crippen LogP contribution is -2.19. The van der Waals surface area contributed by atoms with E-state index in [9.17, 15) is 4.79 Å². The van der Waals surface area contributed by atoms with Crippen molar-refractivity contribution in [2.75, 3.05) is 6.61 Å². The molecule has 35 heavy (non-hydrogen) atoms. The summed E-state index contributed by atoms with van der Waals surface area (Å²) in [5.41, 5.74) is 0. The highest BCUT2D eigenvalue weighted by atomic mass is 16.5. The van der Waals surface area contributed by atoms with Gasteiger partial charge in [-0.2, -0.15) is 0 Å². The van der Waals surface area contributed by atoms with E-state index in [2.05, 4.69) is 20.8 Å². The number of esters is 1. The summed E-state index contributed by atoms with van der Waals surface area (Å²) < 4.78 is 5.77. The van der Waals surface area contributed by atoms with E-state index in [4.69, 9.17) is 4.74 Å². The van der Waals surface area contributed by atoms with Gasteiger partial charge in [-0.05, 0) is 25.2 Å². The van der Waals surface area contributed by atoms with Crippen LogP contribution in [0.25, 0.3) is 0 Å². The van der Waals surface area contributed by atoms with Crippen LogP contribution in [0, 0.1) is 11.8 Å². The molecule has 0 aromatic carbocycles. The Morgan fingerprint density at radius 2 is 0.829 bits per heavy atom. The lowest BCUT2D eigenvalue weighted by molar-refractivity contribution is -0.149. The topological polar surface area (TPSA) is 26.3 Å². The number of hydrogen-bond donors (Lipinski definition) is 0. The van der Waals surface area contributed by atoms with Crippen molar-refractivity contribution in [1.29, 1.82) is 0 Å². The van der Waals surface area contributed by atoms with E-state index >= 15 is 0 Å². The molecule has 0 amide bonds. The van der Waals surface area contributed by atoms with E-state index in [1.807, 2.05) is 6.92 Å². The summed E-state index contributed by atoms with van der Waals surface area (Å²) in [7, 11) is 0. The Morgan fingerprint density at radius 1 is 0.486 bits per heavy atom. The van der Waals surface area contributed by atoms with Crippen molar-refractivity contribution in [2.24, 2.45) is 11.8 Å². The number of carbonyl (C=O) groups excluding carboxylic acids is 1. The highest BCUT2D eigenvalue weighted by Gasteiger charge is 2.16. The minimum Gasteiger partial charge on any atom is -0.465 e. The molecule has 0 aliphatic heterocycles. The first-order valence-corrected chi connectivity index (χ1v) is 16.3. The van der Waals surface area contributed by atoms with Crippen LogP contribution in [0.2, 0.25) is 0 Å². The van der Waals surface area contributed by atoms with Crippen LogP contribution in [0.3, 0.4) is 0 Å². The van der Waals surface area contributed by atoms with Gasteiger partial charge in [-0.3, -0.25) is 4.79 Å². The predicted octanol–water partition coefficient (Wildman–Crippen LogP) is 11.6. The van der Waals surface area contributed by atoms with Crippen molar-refractivity contribution in [2.45, 2.75) is 188 Å². The molecule has 0 radical (unpaired) electrons. The molecule has 0 bridgehead atoms. The molecule has 0 spiro atoms. The van der Waals surface area contributed by atoms with E-state index < -0.39 is 0 Å². The fraction of sp³-hybridized carbons (Fsp3) is 0.970.